The number of hydrogen-bond donors (Lipinski definition) is 2. The van der Waals surface area contributed by atoms with Gasteiger partial charge in [-0.05, 0) is 18.6 Å². The molecule has 82 valence electrons. The van der Waals surface area contributed by atoms with Crippen molar-refractivity contribution >= 4 is 11.6 Å². The van der Waals surface area contributed by atoms with Crippen molar-refractivity contribution < 1.29 is 4.79 Å². The van der Waals surface area contributed by atoms with Crippen molar-refractivity contribution in [2.75, 3.05) is 12.0 Å². The Labute approximate surface area is 90.9 Å². The van der Waals surface area contributed by atoms with Gasteiger partial charge in [-0.2, -0.15) is 0 Å². The molecule has 0 aliphatic carbocycles. The van der Waals surface area contributed by atoms with Gasteiger partial charge in [-0.25, -0.2) is 0 Å². The normalized spacial score (nSPS) is 11.9. The van der Waals surface area contributed by atoms with E-state index in [9.17, 15) is 4.79 Å². The fourth-order valence-corrected chi connectivity index (χ4v) is 1.15. The number of carbonyl (C=O) groups is 1. The first-order valence-corrected chi connectivity index (χ1v) is 5.30. The van der Waals surface area contributed by atoms with Gasteiger partial charge in [0.2, 0.25) is 5.91 Å². The first-order chi connectivity index (χ1) is 7.24. The quantitative estimate of drug-likeness (QED) is 0.725. The molecule has 3 nitrogen and oxygen atoms in total. The molecular formula is C12H18N2O. The molecule has 0 aromatic heterocycles. The molecule has 1 aromatic rings. The predicted molar refractivity (Wildman–Crippen MR) is 62.5 cm³/mol. The Hall–Kier alpha value is -1.51. The number of para-hydroxylation sites is 1. The van der Waals surface area contributed by atoms with Crippen LogP contribution in [0.15, 0.2) is 30.3 Å². The minimum Gasteiger partial charge on any atom is -0.368 e. The van der Waals surface area contributed by atoms with Crippen LogP contribution in [0.2, 0.25) is 0 Å². The summed E-state index contributed by atoms with van der Waals surface area (Å²) in [6, 6.07) is 9.81. The largest absolute Gasteiger partial charge is 0.368 e. The minimum absolute atomic E-state index is 0.0857. The lowest BCUT2D eigenvalue weighted by Gasteiger charge is -2.11. The fraction of sp³-hybridized carbons (Fsp3) is 0.417. The third kappa shape index (κ3) is 4.02. The van der Waals surface area contributed by atoms with Gasteiger partial charge in [0.25, 0.3) is 0 Å². The number of rotatable bonds is 5. The number of benzene rings is 1. The smallest absolute Gasteiger partial charge is 0.224 e. The molecule has 0 fully saturated rings. The third-order valence-corrected chi connectivity index (χ3v) is 2.39. The maximum Gasteiger partial charge on any atom is 0.224 e. The van der Waals surface area contributed by atoms with E-state index in [-0.39, 0.29) is 11.8 Å². The first-order valence-electron chi connectivity index (χ1n) is 5.30. The molecule has 3 heteroatoms. The Kier molecular flexibility index (Phi) is 4.68. The van der Waals surface area contributed by atoms with E-state index in [1.165, 1.54) is 0 Å². The number of anilines is 1. The highest BCUT2D eigenvalue weighted by Gasteiger charge is 2.08. The van der Waals surface area contributed by atoms with Gasteiger partial charge in [0.05, 0.1) is 6.67 Å². The topological polar surface area (TPSA) is 41.1 Å². The van der Waals surface area contributed by atoms with Crippen molar-refractivity contribution in [3.63, 3.8) is 0 Å². The SMILES string of the molecule is CCC(C)C(=O)NCNc1ccccc1. The third-order valence-electron chi connectivity index (χ3n) is 2.39. The monoisotopic (exact) mass is 206 g/mol. The van der Waals surface area contributed by atoms with Crippen LogP contribution in [-0.2, 0) is 4.79 Å². The van der Waals surface area contributed by atoms with Gasteiger partial charge in [0.15, 0.2) is 0 Å². The molecule has 15 heavy (non-hydrogen) atoms. The van der Waals surface area contributed by atoms with Gasteiger partial charge >= 0.3 is 0 Å². The van der Waals surface area contributed by atoms with Crippen LogP contribution >= 0.6 is 0 Å². The van der Waals surface area contributed by atoms with E-state index in [1.807, 2.05) is 44.2 Å². The summed E-state index contributed by atoms with van der Waals surface area (Å²) in [6.45, 7) is 4.42. The average molecular weight is 206 g/mol. The van der Waals surface area contributed by atoms with E-state index in [0.717, 1.165) is 12.1 Å². The van der Waals surface area contributed by atoms with Crippen molar-refractivity contribution in [2.45, 2.75) is 20.3 Å². The van der Waals surface area contributed by atoms with Gasteiger partial charge in [0.1, 0.15) is 0 Å². The maximum absolute atomic E-state index is 11.4. The second-order valence-corrected chi connectivity index (χ2v) is 3.57. The summed E-state index contributed by atoms with van der Waals surface area (Å²) in [5.74, 6) is 0.184. The minimum atomic E-state index is 0.0857. The molecule has 1 amide bonds. The van der Waals surface area contributed by atoms with Crippen LogP contribution in [0.5, 0.6) is 0 Å². The highest BCUT2D eigenvalue weighted by molar-refractivity contribution is 5.78. The van der Waals surface area contributed by atoms with Crippen molar-refractivity contribution in [2.24, 2.45) is 5.92 Å². The molecule has 1 atom stereocenters. The van der Waals surface area contributed by atoms with Gasteiger partial charge in [-0.1, -0.05) is 32.0 Å². The zero-order valence-electron chi connectivity index (χ0n) is 9.29. The van der Waals surface area contributed by atoms with Crippen LogP contribution in [0, 0.1) is 5.92 Å². The zero-order chi connectivity index (χ0) is 11.1. The van der Waals surface area contributed by atoms with Crippen molar-refractivity contribution in [3.8, 4) is 0 Å². The standard InChI is InChI=1S/C12H18N2O/c1-3-10(2)12(15)14-9-13-11-7-5-4-6-8-11/h4-8,10,13H,3,9H2,1-2H3,(H,14,15). The summed E-state index contributed by atoms with van der Waals surface area (Å²) in [7, 11) is 0. The zero-order valence-corrected chi connectivity index (χ0v) is 9.29. The van der Waals surface area contributed by atoms with Crippen LogP contribution in [0.25, 0.3) is 0 Å². The number of amides is 1. The van der Waals surface area contributed by atoms with E-state index >= 15 is 0 Å². The maximum atomic E-state index is 11.4. The van der Waals surface area contributed by atoms with Crippen molar-refractivity contribution in [1.82, 2.24) is 5.32 Å². The molecule has 0 radical (unpaired) electrons. The van der Waals surface area contributed by atoms with Crippen LogP contribution in [0.3, 0.4) is 0 Å². The molecule has 0 aliphatic rings. The Morgan fingerprint density at radius 1 is 1.33 bits per heavy atom. The molecule has 0 heterocycles. The lowest BCUT2D eigenvalue weighted by Crippen LogP contribution is -2.32. The predicted octanol–water partition coefficient (Wildman–Crippen LogP) is 2.22. The van der Waals surface area contributed by atoms with Gasteiger partial charge in [-0.15, -0.1) is 0 Å². The van der Waals surface area contributed by atoms with E-state index < -0.39 is 0 Å². The summed E-state index contributed by atoms with van der Waals surface area (Å²) in [6.07, 6.45) is 0.872. The van der Waals surface area contributed by atoms with Crippen LogP contribution in [-0.4, -0.2) is 12.6 Å². The molecule has 0 bridgehead atoms. The summed E-state index contributed by atoms with van der Waals surface area (Å²) >= 11 is 0. The highest BCUT2D eigenvalue weighted by Crippen LogP contribution is 2.03. The Morgan fingerprint density at radius 3 is 2.60 bits per heavy atom. The molecular weight excluding hydrogens is 188 g/mol. The van der Waals surface area contributed by atoms with Gasteiger partial charge in [-0.3, -0.25) is 4.79 Å². The first kappa shape index (κ1) is 11.6. The molecule has 2 N–H and O–H groups in total. The second kappa shape index (κ2) is 6.06. The molecule has 0 saturated heterocycles. The lowest BCUT2D eigenvalue weighted by molar-refractivity contribution is -0.124. The summed E-state index contributed by atoms with van der Waals surface area (Å²) in [5.41, 5.74) is 1.02. The molecule has 0 aliphatic heterocycles. The number of hydrogen-bond acceptors (Lipinski definition) is 2. The van der Waals surface area contributed by atoms with Crippen molar-refractivity contribution in [1.29, 1.82) is 0 Å². The summed E-state index contributed by atoms with van der Waals surface area (Å²) < 4.78 is 0. The highest BCUT2D eigenvalue weighted by atomic mass is 16.1. The molecule has 1 unspecified atom stereocenters. The second-order valence-electron chi connectivity index (χ2n) is 3.57. The molecule has 1 aromatic carbocycles. The molecule has 0 saturated carbocycles. The Bertz CT molecular complexity index is 298. The summed E-state index contributed by atoms with van der Waals surface area (Å²) in [5, 5.41) is 5.95. The van der Waals surface area contributed by atoms with E-state index in [4.69, 9.17) is 0 Å². The Morgan fingerprint density at radius 2 is 2.00 bits per heavy atom. The molecule has 0 spiro atoms. The molecule has 1 rings (SSSR count). The van der Waals surface area contributed by atoms with Crippen LogP contribution < -0.4 is 10.6 Å². The number of nitrogens with one attached hydrogen (secondary N) is 2. The van der Waals surface area contributed by atoms with Crippen molar-refractivity contribution in [3.05, 3.63) is 30.3 Å². The van der Waals surface area contributed by atoms with E-state index in [0.29, 0.717) is 6.67 Å². The lowest BCUT2D eigenvalue weighted by atomic mass is 10.1. The fourth-order valence-electron chi connectivity index (χ4n) is 1.15. The van der Waals surface area contributed by atoms with Gasteiger partial charge in [0, 0.05) is 11.6 Å². The Balaban J connectivity index is 2.25. The van der Waals surface area contributed by atoms with Crippen LogP contribution in [0.1, 0.15) is 20.3 Å². The van der Waals surface area contributed by atoms with Crippen LogP contribution in [0.4, 0.5) is 5.69 Å². The van der Waals surface area contributed by atoms with Gasteiger partial charge < -0.3 is 10.6 Å². The average Bonchev–Trinajstić information content (AvgIpc) is 2.29. The van der Waals surface area contributed by atoms with E-state index in [2.05, 4.69) is 10.6 Å². The van der Waals surface area contributed by atoms with E-state index in [1.54, 1.807) is 0 Å². The number of carbonyl (C=O) groups excluding carboxylic acids is 1. The summed E-state index contributed by atoms with van der Waals surface area (Å²) in [4.78, 5) is 11.4.